The fourth-order valence-electron chi connectivity index (χ4n) is 2.36. The maximum Gasteiger partial charge on any atom is 0.242 e. The minimum absolute atomic E-state index is 0. The third kappa shape index (κ3) is 4.00. The van der Waals surface area contributed by atoms with Crippen molar-refractivity contribution in [1.82, 2.24) is 9.88 Å². The van der Waals surface area contributed by atoms with Crippen molar-refractivity contribution in [3.8, 4) is 0 Å². The summed E-state index contributed by atoms with van der Waals surface area (Å²) < 4.78 is 0.976. The lowest BCUT2D eigenvalue weighted by atomic mass is 10.2. The van der Waals surface area contributed by atoms with Gasteiger partial charge in [0.15, 0.2) is 0 Å². The Morgan fingerprint density at radius 3 is 2.29 bits per heavy atom. The van der Waals surface area contributed by atoms with E-state index >= 15 is 0 Å². The second kappa shape index (κ2) is 7.13. The van der Waals surface area contributed by atoms with E-state index in [9.17, 15) is 4.79 Å². The Hall–Kier alpha value is -0.560. The van der Waals surface area contributed by atoms with Gasteiger partial charge in [-0.15, -0.1) is 24.8 Å². The third-order valence-electron chi connectivity index (χ3n) is 3.82. The van der Waals surface area contributed by atoms with Gasteiger partial charge < -0.3 is 15.5 Å². The van der Waals surface area contributed by atoms with Gasteiger partial charge in [0, 0.05) is 36.8 Å². The van der Waals surface area contributed by atoms with Crippen LogP contribution in [0.3, 0.4) is 0 Å². The fraction of sp³-hybridized carbons (Fsp3) is 0.538. The number of hydrogen-bond donors (Lipinski definition) is 1. The van der Waals surface area contributed by atoms with Gasteiger partial charge in [-0.2, -0.15) is 0 Å². The summed E-state index contributed by atoms with van der Waals surface area (Å²) in [5, 5.41) is 0. The van der Waals surface area contributed by atoms with E-state index in [2.05, 4.69) is 25.8 Å². The van der Waals surface area contributed by atoms with Crippen LogP contribution < -0.4 is 10.6 Å². The summed E-state index contributed by atoms with van der Waals surface area (Å²) in [5.41, 5.74) is 5.42. The lowest BCUT2D eigenvalue weighted by Gasteiger charge is -2.36. The summed E-state index contributed by atoms with van der Waals surface area (Å²) in [5.74, 6) is 1.08. The van der Waals surface area contributed by atoms with Crippen LogP contribution >= 0.6 is 40.7 Å². The number of aromatic nitrogens is 1. The van der Waals surface area contributed by atoms with Crippen LogP contribution in [0.5, 0.6) is 0 Å². The number of nitrogens with zero attached hydrogens (tertiary/aromatic N) is 3. The maximum absolute atomic E-state index is 12.1. The molecule has 5 nitrogen and oxygen atoms in total. The molecule has 2 heterocycles. The summed E-state index contributed by atoms with van der Waals surface area (Å²) in [6.45, 7) is 3.10. The zero-order chi connectivity index (χ0) is 13.5. The summed E-state index contributed by atoms with van der Waals surface area (Å²) in [6, 6.07) is 3.98. The number of hydrogen-bond acceptors (Lipinski definition) is 4. The van der Waals surface area contributed by atoms with Crippen LogP contribution in [0.2, 0.25) is 0 Å². The van der Waals surface area contributed by atoms with Crippen LogP contribution in [0.1, 0.15) is 12.8 Å². The minimum Gasteiger partial charge on any atom is -0.353 e. The molecule has 0 spiro atoms. The van der Waals surface area contributed by atoms with Crippen LogP contribution in [0.15, 0.2) is 22.8 Å². The molecule has 1 saturated carbocycles. The van der Waals surface area contributed by atoms with E-state index < -0.39 is 5.54 Å². The van der Waals surface area contributed by atoms with Gasteiger partial charge in [-0.25, -0.2) is 4.98 Å². The number of anilines is 1. The molecule has 118 valence electrons. The molecule has 0 radical (unpaired) electrons. The Morgan fingerprint density at radius 2 is 1.81 bits per heavy atom. The predicted molar refractivity (Wildman–Crippen MR) is 91.4 cm³/mol. The highest BCUT2D eigenvalue weighted by molar-refractivity contribution is 9.10. The lowest BCUT2D eigenvalue weighted by molar-refractivity contribution is -0.133. The molecule has 0 atom stereocenters. The summed E-state index contributed by atoms with van der Waals surface area (Å²) in [7, 11) is 0. The highest BCUT2D eigenvalue weighted by Crippen LogP contribution is 2.34. The largest absolute Gasteiger partial charge is 0.353 e. The van der Waals surface area contributed by atoms with E-state index in [1.807, 2.05) is 17.0 Å². The average Bonchev–Trinajstić information content (AvgIpc) is 3.18. The zero-order valence-corrected chi connectivity index (χ0v) is 14.7. The number of pyridine rings is 1. The van der Waals surface area contributed by atoms with Gasteiger partial charge in [0.1, 0.15) is 5.82 Å². The number of piperazine rings is 1. The maximum atomic E-state index is 12.1. The first kappa shape index (κ1) is 18.5. The second-order valence-corrected chi connectivity index (χ2v) is 6.19. The molecule has 8 heteroatoms. The molecule has 1 aliphatic heterocycles. The van der Waals surface area contributed by atoms with Crippen molar-refractivity contribution in [2.24, 2.45) is 5.73 Å². The topological polar surface area (TPSA) is 62.5 Å². The Kier molecular flexibility index (Phi) is 6.28. The van der Waals surface area contributed by atoms with E-state index in [0.29, 0.717) is 0 Å². The van der Waals surface area contributed by atoms with Crippen molar-refractivity contribution < 1.29 is 4.79 Å². The normalized spacial score (nSPS) is 19.3. The average molecular weight is 398 g/mol. The monoisotopic (exact) mass is 396 g/mol. The Bertz CT molecular complexity index is 487. The van der Waals surface area contributed by atoms with E-state index in [-0.39, 0.29) is 30.7 Å². The molecule has 1 aliphatic carbocycles. The van der Waals surface area contributed by atoms with E-state index in [0.717, 1.165) is 49.3 Å². The molecule has 2 N–H and O–H groups in total. The lowest BCUT2D eigenvalue weighted by Crippen LogP contribution is -2.54. The van der Waals surface area contributed by atoms with Crippen molar-refractivity contribution in [2.45, 2.75) is 18.4 Å². The van der Waals surface area contributed by atoms with Crippen LogP contribution in [0, 0.1) is 0 Å². The van der Waals surface area contributed by atoms with Crippen molar-refractivity contribution >= 4 is 52.5 Å². The van der Waals surface area contributed by atoms with E-state index in [1.54, 1.807) is 6.20 Å². The first-order valence-electron chi connectivity index (χ1n) is 6.53. The van der Waals surface area contributed by atoms with Gasteiger partial charge in [0.25, 0.3) is 0 Å². The van der Waals surface area contributed by atoms with Gasteiger partial charge in [0.05, 0.1) is 5.54 Å². The standard InChI is InChI=1S/C13H17BrN4O.2ClH/c14-10-1-2-11(16-9-10)17-5-7-18(8-6-17)12(19)13(15)3-4-13;;/h1-2,9H,3-8,15H2;2*1H. The van der Waals surface area contributed by atoms with Gasteiger partial charge >= 0.3 is 0 Å². The van der Waals surface area contributed by atoms with Crippen molar-refractivity contribution in [2.75, 3.05) is 31.1 Å². The zero-order valence-electron chi connectivity index (χ0n) is 11.5. The van der Waals surface area contributed by atoms with Crippen molar-refractivity contribution in [3.63, 3.8) is 0 Å². The number of rotatable bonds is 2. The first-order chi connectivity index (χ1) is 9.08. The number of carbonyl (C=O) groups excluding carboxylic acids is 1. The van der Waals surface area contributed by atoms with Crippen LogP contribution in [0.4, 0.5) is 5.82 Å². The molecule has 21 heavy (non-hydrogen) atoms. The number of carbonyl (C=O) groups is 1. The van der Waals surface area contributed by atoms with E-state index in [1.165, 1.54) is 0 Å². The quantitative estimate of drug-likeness (QED) is 0.826. The Morgan fingerprint density at radius 1 is 1.19 bits per heavy atom. The van der Waals surface area contributed by atoms with Crippen LogP contribution in [-0.4, -0.2) is 47.5 Å². The van der Waals surface area contributed by atoms with Gasteiger partial charge in [-0.1, -0.05) is 0 Å². The smallest absolute Gasteiger partial charge is 0.242 e. The van der Waals surface area contributed by atoms with Gasteiger partial charge in [0.2, 0.25) is 5.91 Å². The van der Waals surface area contributed by atoms with Crippen LogP contribution in [-0.2, 0) is 4.79 Å². The molecule has 1 amide bonds. The highest BCUT2D eigenvalue weighted by atomic mass is 79.9. The van der Waals surface area contributed by atoms with Gasteiger partial charge in [-0.3, -0.25) is 4.79 Å². The highest BCUT2D eigenvalue weighted by Gasteiger charge is 2.48. The summed E-state index contributed by atoms with van der Waals surface area (Å²) in [4.78, 5) is 20.6. The molecule has 1 saturated heterocycles. The van der Waals surface area contributed by atoms with Crippen molar-refractivity contribution in [1.29, 1.82) is 0 Å². The van der Waals surface area contributed by atoms with Crippen LogP contribution in [0.25, 0.3) is 0 Å². The molecule has 2 fully saturated rings. The minimum atomic E-state index is -0.544. The summed E-state index contributed by atoms with van der Waals surface area (Å²) in [6.07, 6.45) is 3.46. The molecule has 1 aromatic rings. The summed E-state index contributed by atoms with van der Waals surface area (Å²) >= 11 is 3.38. The Balaban J connectivity index is 0.00000110. The molecule has 0 bridgehead atoms. The first-order valence-corrected chi connectivity index (χ1v) is 7.33. The van der Waals surface area contributed by atoms with Crippen molar-refractivity contribution in [3.05, 3.63) is 22.8 Å². The predicted octanol–water partition coefficient (Wildman–Crippen LogP) is 1.83. The van der Waals surface area contributed by atoms with E-state index in [4.69, 9.17) is 5.73 Å². The molecule has 0 aromatic carbocycles. The Labute approximate surface area is 145 Å². The number of nitrogens with two attached hydrogens (primary N) is 1. The number of amides is 1. The second-order valence-electron chi connectivity index (χ2n) is 5.27. The molecule has 1 aromatic heterocycles. The molecule has 2 aliphatic rings. The molecule has 3 rings (SSSR count). The molecular weight excluding hydrogens is 379 g/mol. The van der Waals surface area contributed by atoms with Gasteiger partial charge in [-0.05, 0) is 40.9 Å². The SMILES string of the molecule is Cl.Cl.NC1(C(=O)N2CCN(c3ccc(Br)cn3)CC2)CC1. The third-order valence-corrected chi connectivity index (χ3v) is 4.29. The fourth-order valence-corrected chi connectivity index (χ4v) is 2.59. The number of halogens is 3. The molecular formula is C13H19BrCl2N4O. The molecule has 0 unspecified atom stereocenters.